The molecule has 3 aromatic heterocycles. The van der Waals surface area contributed by atoms with Gasteiger partial charge < -0.3 is 20.9 Å². The summed E-state index contributed by atoms with van der Waals surface area (Å²) in [6.07, 6.45) is 7.80. The number of aromatic nitrogens is 4. The van der Waals surface area contributed by atoms with Crippen molar-refractivity contribution in [1.29, 1.82) is 0 Å². The molecule has 10 nitrogen and oxygen atoms in total. The number of nitrogens with zero attached hydrogens (tertiary/aromatic N) is 7. The second kappa shape index (κ2) is 11.9. The van der Waals surface area contributed by atoms with Crippen LogP contribution in [0.1, 0.15) is 37.3 Å². The first-order chi connectivity index (χ1) is 17.8. The molecule has 10 heteroatoms. The first-order valence-corrected chi connectivity index (χ1v) is 12.6. The highest BCUT2D eigenvalue weighted by molar-refractivity contribution is 6.10. The van der Waals surface area contributed by atoms with Crippen molar-refractivity contribution in [2.45, 2.75) is 26.2 Å². The standard InChI is InChI=1S/C27H35N9O/c1-18(2)19-11-26(34-31-15-19)33-25-7-6-23-24(32-25)10-20(14-30-23)21(12-28)13-29-8-5-9-36-16-22(17-36)27(37)35(3)4/h6-7,10-15,18,22H,5,8-9,16-17,28H2,1-4H3,(H,32,33,34). The number of amides is 1. The maximum absolute atomic E-state index is 11.9. The lowest BCUT2D eigenvalue weighted by atomic mass is 9.98. The molecule has 0 bridgehead atoms. The van der Waals surface area contributed by atoms with E-state index in [2.05, 4.69) is 44.2 Å². The Morgan fingerprint density at radius 2 is 2.03 bits per heavy atom. The minimum atomic E-state index is 0.133. The second-order valence-electron chi connectivity index (χ2n) is 9.81. The molecule has 0 radical (unpaired) electrons. The number of hydrogen-bond donors (Lipinski definition) is 2. The molecule has 1 amide bonds. The maximum Gasteiger partial charge on any atom is 0.227 e. The summed E-state index contributed by atoms with van der Waals surface area (Å²) in [6.45, 7) is 7.51. The fraction of sp³-hybridized carbons (Fsp3) is 0.407. The first kappa shape index (κ1) is 26.2. The van der Waals surface area contributed by atoms with Gasteiger partial charge in [0, 0.05) is 63.5 Å². The monoisotopic (exact) mass is 501 g/mol. The van der Waals surface area contributed by atoms with E-state index in [0.29, 0.717) is 24.1 Å². The summed E-state index contributed by atoms with van der Waals surface area (Å²) in [4.78, 5) is 29.7. The molecular formula is C27H35N9O. The van der Waals surface area contributed by atoms with Crippen molar-refractivity contribution in [2.24, 2.45) is 16.6 Å². The van der Waals surface area contributed by atoms with Gasteiger partial charge in [-0.1, -0.05) is 13.8 Å². The van der Waals surface area contributed by atoms with Crippen LogP contribution in [0.4, 0.5) is 11.6 Å². The summed E-state index contributed by atoms with van der Waals surface area (Å²) < 4.78 is 0. The van der Waals surface area contributed by atoms with Crippen molar-refractivity contribution in [3.63, 3.8) is 0 Å². The van der Waals surface area contributed by atoms with Crippen LogP contribution in [0.3, 0.4) is 0 Å². The zero-order valence-electron chi connectivity index (χ0n) is 21.9. The van der Waals surface area contributed by atoms with Crippen LogP contribution in [-0.4, -0.2) is 82.4 Å². The summed E-state index contributed by atoms with van der Waals surface area (Å²) in [5.41, 5.74) is 10.2. The second-order valence-corrected chi connectivity index (χ2v) is 9.81. The molecule has 4 heterocycles. The molecule has 4 rings (SSSR count). The van der Waals surface area contributed by atoms with E-state index in [9.17, 15) is 4.79 Å². The SMILES string of the molecule is CC(C)c1cnnc(Nc2ccc3ncc(C(C=NCCCN4CC(C(=O)N(C)C)C4)=CN)cc3n2)c1. The molecule has 0 aliphatic carbocycles. The predicted octanol–water partition coefficient (Wildman–Crippen LogP) is 3.07. The van der Waals surface area contributed by atoms with Crippen LogP contribution in [-0.2, 0) is 4.79 Å². The third kappa shape index (κ3) is 6.65. The number of aliphatic imine (C=N–C) groups is 1. The van der Waals surface area contributed by atoms with E-state index in [1.54, 1.807) is 37.6 Å². The topological polar surface area (TPSA) is 126 Å². The number of carbonyl (C=O) groups is 1. The van der Waals surface area contributed by atoms with Gasteiger partial charge in [-0.3, -0.25) is 14.8 Å². The molecule has 1 fully saturated rings. The minimum Gasteiger partial charge on any atom is -0.404 e. The number of rotatable bonds is 10. The van der Waals surface area contributed by atoms with E-state index >= 15 is 0 Å². The Labute approximate surface area is 217 Å². The van der Waals surface area contributed by atoms with Gasteiger partial charge in [-0.05, 0) is 48.7 Å². The number of allylic oxidation sites excluding steroid dienone is 1. The average molecular weight is 502 g/mol. The summed E-state index contributed by atoms with van der Waals surface area (Å²) >= 11 is 0. The van der Waals surface area contributed by atoms with Crippen LogP contribution in [0, 0.1) is 5.92 Å². The van der Waals surface area contributed by atoms with Crippen LogP contribution in [0.25, 0.3) is 16.6 Å². The van der Waals surface area contributed by atoms with Gasteiger partial charge >= 0.3 is 0 Å². The highest BCUT2D eigenvalue weighted by Gasteiger charge is 2.32. The zero-order valence-corrected chi connectivity index (χ0v) is 21.9. The molecule has 1 aliphatic heterocycles. The van der Waals surface area contributed by atoms with Gasteiger partial charge in [0.1, 0.15) is 5.82 Å². The number of anilines is 2. The molecule has 0 atom stereocenters. The van der Waals surface area contributed by atoms with Crippen LogP contribution in [0.15, 0.2) is 47.9 Å². The normalized spacial score (nSPS) is 14.9. The van der Waals surface area contributed by atoms with E-state index in [1.807, 2.05) is 24.3 Å². The predicted molar refractivity (Wildman–Crippen MR) is 148 cm³/mol. The summed E-state index contributed by atoms with van der Waals surface area (Å²) in [6, 6.07) is 7.72. The summed E-state index contributed by atoms with van der Waals surface area (Å²) in [5.74, 6) is 2.01. The van der Waals surface area contributed by atoms with E-state index in [-0.39, 0.29) is 11.8 Å². The number of pyridine rings is 2. The smallest absolute Gasteiger partial charge is 0.227 e. The molecule has 0 spiro atoms. The fourth-order valence-electron chi connectivity index (χ4n) is 4.16. The van der Waals surface area contributed by atoms with Crippen molar-refractivity contribution in [3.05, 3.63) is 54.0 Å². The molecule has 0 aromatic carbocycles. The van der Waals surface area contributed by atoms with E-state index in [1.165, 1.54) is 6.20 Å². The third-order valence-electron chi connectivity index (χ3n) is 6.39. The van der Waals surface area contributed by atoms with Crippen molar-refractivity contribution in [3.8, 4) is 0 Å². The Kier molecular flexibility index (Phi) is 8.39. The number of nitrogens with one attached hydrogen (secondary N) is 1. The minimum absolute atomic E-state index is 0.133. The van der Waals surface area contributed by atoms with Gasteiger partial charge in [0.25, 0.3) is 0 Å². The number of carbonyl (C=O) groups excluding carboxylic acids is 1. The lowest BCUT2D eigenvalue weighted by molar-refractivity contribution is -0.138. The van der Waals surface area contributed by atoms with Crippen molar-refractivity contribution in [2.75, 3.05) is 45.6 Å². The molecule has 3 N–H and O–H groups in total. The molecule has 0 unspecified atom stereocenters. The third-order valence-corrected chi connectivity index (χ3v) is 6.39. The van der Waals surface area contributed by atoms with Crippen molar-refractivity contribution >= 4 is 40.4 Å². The Morgan fingerprint density at radius 3 is 2.76 bits per heavy atom. The van der Waals surface area contributed by atoms with Crippen LogP contribution in [0.2, 0.25) is 0 Å². The van der Waals surface area contributed by atoms with Crippen molar-refractivity contribution < 1.29 is 4.79 Å². The summed E-state index contributed by atoms with van der Waals surface area (Å²) in [5, 5.41) is 11.5. The number of hydrogen-bond acceptors (Lipinski definition) is 9. The van der Waals surface area contributed by atoms with E-state index in [0.717, 1.165) is 53.8 Å². The highest BCUT2D eigenvalue weighted by Crippen LogP contribution is 2.22. The number of likely N-dealkylation sites (tertiary alicyclic amines) is 1. The molecular weight excluding hydrogens is 466 g/mol. The Hall–Kier alpha value is -3.92. The Balaban J connectivity index is 1.34. The van der Waals surface area contributed by atoms with E-state index in [4.69, 9.17) is 10.7 Å². The quantitative estimate of drug-likeness (QED) is 0.321. The lowest BCUT2D eigenvalue weighted by Gasteiger charge is -2.39. The van der Waals surface area contributed by atoms with Crippen LogP contribution < -0.4 is 11.1 Å². The van der Waals surface area contributed by atoms with E-state index < -0.39 is 0 Å². The largest absolute Gasteiger partial charge is 0.404 e. The zero-order chi connectivity index (χ0) is 26.4. The number of nitrogens with two attached hydrogens (primary N) is 1. The van der Waals surface area contributed by atoms with Crippen LogP contribution in [0.5, 0.6) is 0 Å². The molecule has 1 aliphatic rings. The Bertz CT molecular complexity index is 1300. The molecule has 0 saturated carbocycles. The molecule has 194 valence electrons. The van der Waals surface area contributed by atoms with Gasteiger partial charge in [0.15, 0.2) is 5.82 Å². The molecule has 1 saturated heterocycles. The lowest BCUT2D eigenvalue weighted by Crippen LogP contribution is -2.53. The van der Waals surface area contributed by atoms with Gasteiger partial charge in [-0.25, -0.2) is 4.98 Å². The maximum atomic E-state index is 11.9. The van der Waals surface area contributed by atoms with Gasteiger partial charge in [0.05, 0.1) is 23.1 Å². The Morgan fingerprint density at radius 1 is 1.22 bits per heavy atom. The van der Waals surface area contributed by atoms with Gasteiger partial charge in [0.2, 0.25) is 5.91 Å². The number of fused-ring (bicyclic) bond motifs is 1. The molecule has 37 heavy (non-hydrogen) atoms. The first-order valence-electron chi connectivity index (χ1n) is 12.6. The average Bonchev–Trinajstić information content (AvgIpc) is 2.86. The van der Waals surface area contributed by atoms with Gasteiger partial charge in [-0.15, -0.1) is 5.10 Å². The highest BCUT2D eigenvalue weighted by atomic mass is 16.2. The summed E-state index contributed by atoms with van der Waals surface area (Å²) in [7, 11) is 3.61. The molecule has 3 aromatic rings. The van der Waals surface area contributed by atoms with Gasteiger partial charge in [-0.2, -0.15) is 5.10 Å². The van der Waals surface area contributed by atoms with Crippen LogP contribution >= 0.6 is 0 Å². The fourth-order valence-corrected chi connectivity index (χ4v) is 4.16. The van der Waals surface area contributed by atoms with Crippen molar-refractivity contribution in [1.82, 2.24) is 30.0 Å².